The minimum Gasteiger partial charge on any atom is -0.466 e. The summed E-state index contributed by atoms with van der Waals surface area (Å²) in [6.07, 6.45) is 8.80. The Labute approximate surface area is 124 Å². The van der Waals surface area contributed by atoms with Crippen LogP contribution in [0.3, 0.4) is 0 Å². The molecule has 1 unspecified atom stereocenters. The summed E-state index contributed by atoms with van der Waals surface area (Å²) in [6.45, 7) is 11.2. The number of hydrogen-bond donors (Lipinski definition) is 0. The van der Waals surface area contributed by atoms with Gasteiger partial charge in [0, 0.05) is 12.7 Å². The number of esters is 1. The molecule has 0 radical (unpaired) electrons. The predicted molar refractivity (Wildman–Crippen MR) is 83.6 cm³/mol. The zero-order valence-corrected chi connectivity index (χ0v) is 13.9. The van der Waals surface area contributed by atoms with Gasteiger partial charge >= 0.3 is 5.97 Å². The van der Waals surface area contributed by atoms with Crippen LogP contribution < -0.4 is 0 Å². The molecule has 0 heterocycles. The van der Waals surface area contributed by atoms with E-state index < -0.39 is 0 Å². The van der Waals surface area contributed by atoms with Crippen molar-refractivity contribution in [1.82, 2.24) is 0 Å². The highest BCUT2D eigenvalue weighted by Crippen LogP contribution is 2.21. The maximum atomic E-state index is 11.0. The molecule has 0 saturated carbocycles. The molecule has 0 aliphatic rings. The summed E-state index contributed by atoms with van der Waals surface area (Å²) in [5.74, 6) is 0.301. The summed E-state index contributed by atoms with van der Waals surface area (Å²) < 4.78 is 10.3. The molecular weight excluding hydrogens is 252 g/mol. The minimum atomic E-state index is -0.307. The van der Waals surface area contributed by atoms with Gasteiger partial charge in [-0.1, -0.05) is 19.1 Å². The quantitative estimate of drug-likeness (QED) is 0.359. The first kappa shape index (κ1) is 18.9. The number of methoxy groups -OCH3 is 1. The Morgan fingerprint density at radius 2 is 2.00 bits per heavy atom. The molecule has 0 aromatic rings. The second kappa shape index (κ2) is 9.76. The summed E-state index contributed by atoms with van der Waals surface area (Å²) in [4.78, 5) is 11.0. The van der Waals surface area contributed by atoms with Gasteiger partial charge in [-0.25, -0.2) is 4.79 Å². The fourth-order valence-corrected chi connectivity index (χ4v) is 1.95. The lowest BCUT2D eigenvalue weighted by Gasteiger charge is -2.25. The first-order valence-corrected chi connectivity index (χ1v) is 7.37. The zero-order chi connectivity index (χ0) is 15.6. The van der Waals surface area contributed by atoms with Gasteiger partial charge in [0.15, 0.2) is 0 Å². The van der Waals surface area contributed by atoms with Crippen molar-refractivity contribution in [3.63, 3.8) is 0 Å². The number of carbonyl (C=O) groups excluding carboxylic acids is 1. The summed E-state index contributed by atoms with van der Waals surface area (Å²) in [5.41, 5.74) is 0.881. The van der Waals surface area contributed by atoms with E-state index in [9.17, 15) is 4.79 Å². The van der Waals surface area contributed by atoms with Gasteiger partial charge in [-0.15, -0.1) is 0 Å². The van der Waals surface area contributed by atoms with Crippen molar-refractivity contribution in [2.75, 3.05) is 13.7 Å². The Bertz CT molecular complexity index is 340. The second-order valence-electron chi connectivity index (χ2n) is 5.89. The maximum Gasteiger partial charge on any atom is 0.330 e. The molecule has 0 aromatic carbocycles. The normalized spacial score (nSPS) is 14.6. The Hall–Kier alpha value is -1.09. The zero-order valence-electron chi connectivity index (χ0n) is 13.9. The van der Waals surface area contributed by atoms with Crippen molar-refractivity contribution in [3.05, 3.63) is 23.8 Å². The molecule has 0 aliphatic heterocycles. The highest BCUT2D eigenvalue weighted by atomic mass is 16.5. The number of hydrogen-bond acceptors (Lipinski definition) is 3. The van der Waals surface area contributed by atoms with Crippen molar-refractivity contribution in [2.45, 2.75) is 59.5 Å². The minimum absolute atomic E-state index is 0.0343. The Kier molecular flexibility index (Phi) is 9.23. The van der Waals surface area contributed by atoms with E-state index >= 15 is 0 Å². The molecule has 0 saturated heterocycles. The molecular formula is C17H30O3. The van der Waals surface area contributed by atoms with Crippen LogP contribution in [0.4, 0.5) is 0 Å². The lowest BCUT2D eigenvalue weighted by atomic mass is 9.93. The van der Waals surface area contributed by atoms with E-state index in [2.05, 4.69) is 31.6 Å². The van der Waals surface area contributed by atoms with E-state index in [1.165, 1.54) is 13.2 Å². The van der Waals surface area contributed by atoms with Gasteiger partial charge in [0.1, 0.15) is 0 Å². The van der Waals surface area contributed by atoms with Crippen molar-refractivity contribution < 1.29 is 14.3 Å². The lowest BCUT2D eigenvalue weighted by molar-refractivity contribution is -0.134. The van der Waals surface area contributed by atoms with Gasteiger partial charge in [-0.2, -0.15) is 0 Å². The van der Waals surface area contributed by atoms with Crippen LogP contribution in [-0.4, -0.2) is 25.3 Å². The Morgan fingerprint density at radius 3 is 2.55 bits per heavy atom. The van der Waals surface area contributed by atoms with Gasteiger partial charge in [0.25, 0.3) is 0 Å². The number of allylic oxidation sites excluding steroid dienone is 3. The predicted octanol–water partition coefficient (Wildman–Crippen LogP) is 4.28. The molecule has 0 rings (SSSR count). The van der Waals surface area contributed by atoms with E-state index in [4.69, 9.17) is 4.74 Å². The number of rotatable bonds is 9. The standard InChI is InChI=1S/C17H30O3/c1-7-20-17(4,5)12-11-14(2)9-8-10-15(3)13-16(18)19-6/h8,10,13-14H,7,9,11-12H2,1-6H3/b10-8+,15-13+. The highest BCUT2D eigenvalue weighted by molar-refractivity contribution is 5.83. The summed E-state index contributed by atoms with van der Waals surface area (Å²) >= 11 is 0. The van der Waals surface area contributed by atoms with E-state index in [-0.39, 0.29) is 11.6 Å². The summed E-state index contributed by atoms with van der Waals surface area (Å²) in [7, 11) is 1.39. The molecule has 20 heavy (non-hydrogen) atoms. The molecule has 116 valence electrons. The van der Waals surface area contributed by atoms with Crippen molar-refractivity contribution in [1.29, 1.82) is 0 Å². The average Bonchev–Trinajstić information content (AvgIpc) is 2.36. The van der Waals surface area contributed by atoms with Crippen LogP contribution in [0.2, 0.25) is 0 Å². The average molecular weight is 282 g/mol. The van der Waals surface area contributed by atoms with Gasteiger partial charge < -0.3 is 9.47 Å². The van der Waals surface area contributed by atoms with Crippen molar-refractivity contribution >= 4 is 5.97 Å². The van der Waals surface area contributed by atoms with Gasteiger partial charge in [-0.3, -0.25) is 0 Å². The maximum absolute atomic E-state index is 11.0. The molecule has 0 aromatic heterocycles. The summed E-state index contributed by atoms with van der Waals surface area (Å²) in [6, 6.07) is 0. The van der Waals surface area contributed by atoms with E-state index in [0.29, 0.717) is 5.92 Å². The number of carbonyl (C=O) groups is 1. The van der Waals surface area contributed by atoms with Crippen LogP contribution in [0.5, 0.6) is 0 Å². The molecule has 0 N–H and O–H groups in total. The topological polar surface area (TPSA) is 35.5 Å². The molecule has 0 fully saturated rings. The molecule has 3 heteroatoms. The van der Waals surface area contributed by atoms with Crippen molar-refractivity contribution in [3.8, 4) is 0 Å². The third-order valence-corrected chi connectivity index (χ3v) is 3.24. The molecule has 0 spiro atoms. The van der Waals surface area contributed by atoms with E-state index in [1.807, 2.05) is 19.9 Å². The SMILES string of the molecule is CCOC(C)(C)CCC(C)C/C=C/C(C)=C/C(=O)OC. The first-order valence-electron chi connectivity index (χ1n) is 7.37. The van der Waals surface area contributed by atoms with E-state index in [1.54, 1.807) is 0 Å². The van der Waals surface area contributed by atoms with Crippen LogP contribution in [0.1, 0.15) is 53.9 Å². The lowest BCUT2D eigenvalue weighted by Crippen LogP contribution is -2.24. The van der Waals surface area contributed by atoms with Gasteiger partial charge in [0.2, 0.25) is 0 Å². The molecule has 1 atom stereocenters. The Morgan fingerprint density at radius 1 is 1.35 bits per heavy atom. The van der Waals surface area contributed by atoms with Crippen LogP contribution in [0.15, 0.2) is 23.8 Å². The molecule has 0 amide bonds. The highest BCUT2D eigenvalue weighted by Gasteiger charge is 2.18. The monoisotopic (exact) mass is 282 g/mol. The van der Waals surface area contributed by atoms with E-state index in [0.717, 1.165) is 31.4 Å². The van der Waals surface area contributed by atoms with Crippen LogP contribution in [-0.2, 0) is 14.3 Å². The van der Waals surface area contributed by atoms with Gasteiger partial charge in [-0.05, 0) is 58.4 Å². The van der Waals surface area contributed by atoms with Gasteiger partial charge in [0.05, 0.1) is 12.7 Å². The molecule has 0 aliphatic carbocycles. The van der Waals surface area contributed by atoms with Crippen LogP contribution >= 0.6 is 0 Å². The van der Waals surface area contributed by atoms with Crippen LogP contribution in [0, 0.1) is 5.92 Å². The molecule has 0 bridgehead atoms. The van der Waals surface area contributed by atoms with Crippen molar-refractivity contribution in [2.24, 2.45) is 5.92 Å². The molecule has 3 nitrogen and oxygen atoms in total. The third-order valence-electron chi connectivity index (χ3n) is 3.24. The third kappa shape index (κ3) is 9.79. The number of ether oxygens (including phenoxy) is 2. The fourth-order valence-electron chi connectivity index (χ4n) is 1.95. The largest absolute Gasteiger partial charge is 0.466 e. The summed E-state index contributed by atoms with van der Waals surface area (Å²) in [5, 5.41) is 0. The second-order valence-corrected chi connectivity index (χ2v) is 5.89. The first-order chi connectivity index (χ1) is 9.30. The smallest absolute Gasteiger partial charge is 0.330 e. The fraction of sp³-hybridized carbons (Fsp3) is 0.706. The van der Waals surface area contributed by atoms with Crippen LogP contribution in [0.25, 0.3) is 0 Å². The Balaban J connectivity index is 4.07.